The van der Waals surface area contributed by atoms with Crippen molar-refractivity contribution in [2.24, 2.45) is 0 Å². The van der Waals surface area contributed by atoms with Crippen molar-refractivity contribution in [3.63, 3.8) is 0 Å². The van der Waals surface area contributed by atoms with Crippen LogP contribution in [0.15, 0.2) is 65.8 Å². The van der Waals surface area contributed by atoms with Crippen molar-refractivity contribution < 1.29 is 0 Å². The Bertz CT molecular complexity index is 800. The number of fused-ring (bicyclic) bond motifs is 3. The van der Waals surface area contributed by atoms with Crippen LogP contribution in [0.5, 0.6) is 0 Å². The standard InChI is InChI=1S/C21H20.2C2H6/c1-2-15-14-18-13-12-16-8-6-7-11-19(16)21(18)20(15)17-9-4-3-5-10-17;2*1-2/h2,4,6-9,11-13H,3,5,10,14H2,1H3;2*1-2H3/b15-2-,20-17+;;. The number of hydrogen-bond donors (Lipinski definition) is 0. The van der Waals surface area contributed by atoms with Crippen LogP contribution in [0.3, 0.4) is 0 Å². The van der Waals surface area contributed by atoms with E-state index in [0.717, 1.165) is 6.42 Å². The van der Waals surface area contributed by atoms with E-state index >= 15 is 0 Å². The molecule has 2 aromatic rings. The zero-order valence-corrected chi connectivity index (χ0v) is 16.5. The lowest BCUT2D eigenvalue weighted by Crippen LogP contribution is -1.94. The van der Waals surface area contributed by atoms with Gasteiger partial charge in [-0.1, -0.05) is 82.3 Å². The Morgan fingerprint density at radius 3 is 2.36 bits per heavy atom. The molecule has 0 heterocycles. The lowest BCUT2D eigenvalue weighted by atomic mass is 9.89. The molecule has 0 radical (unpaired) electrons. The third kappa shape index (κ3) is 3.79. The first-order chi connectivity index (χ1) is 12.4. The van der Waals surface area contributed by atoms with E-state index in [1.165, 1.54) is 57.9 Å². The van der Waals surface area contributed by atoms with E-state index < -0.39 is 0 Å². The van der Waals surface area contributed by atoms with Crippen LogP contribution in [0.25, 0.3) is 16.3 Å². The molecule has 0 bridgehead atoms. The Hall–Kier alpha value is -2.08. The average Bonchev–Trinajstić information content (AvgIpc) is 3.11. The lowest BCUT2D eigenvalue weighted by Gasteiger charge is -2.15. The predicted octanol–water partition coefficient (Wildman–Crippen LogP) is 7.89. The summed E-state index contributed by atoms with van der Waals surface area (Å²) >= 11 is 0. The molecule has 0 heteroatoms. The summed E-state index contributed by atoms with van der Waals surface area (Å²) in [6.45, 7) is 10.2. The maximum absolute atomic E-state index is 2.36. The van der Waals surface area contributed by atoms with Crippen LogP contribution in [0.4, 0.5) is 0 Å². The first-order valence-corrected chi connectivity index (χ1v) is 9.94. The molecule has 0 fully saturated rings. The van der Waals surface area contributed by atoms with Crippen LogP contribution in [-0.2, 0) is 6.42 Å². The molecule has 2 aliphatic rings. The highest BCUT2D eigenvalue weighted by Crippen LogP contribution is 2.44. The fourth-order valence-electron chi connectivity index (χ4n) is 3.75. The molecule has 0 aliphatic heterocycles. The average molecular weight is 333 g/mol. The fraction of sp³-hybridized carbons (Fsp3) is 0.360. The number of hydrogen-bond acceptors (Lipinski definition) is 0. The van der Waals surface area contributed by atoms with E-state index in [4.69, 9.17) is 0 Å². The van der Waals surface area contributed by atoms with E-state index in [2.05, 4.69) is 61.5 Å². The molecule has 0 N–H and O–H groups in total. The van der Waals surface area contributed by atoms with Crippen LogP contribution in [0.2, 0.25) is 0 Å². The number of allylic oxidation sites excluding steroid dienone is 6. The van der Waals surface area contributed by atoms with Gasteiger partial charge in [-0.15, -0.1) is 0 Å². The van der Waals surface area contributed by atoms with E-state index in [0.29, 0.717) is 0 Å². The second-order valence-electron chi connectivity index (χ2n) is 6.01. The van der Waals surface area contributed by atoms with Crippen molar-refractivity contribution >= 4 is 16.3 Å². The molecule has 0 nitrogen and oxygen atoms in total. The van der Waals surface area contributed by atoms with Crippen LogP contribution in [0, 0.1) is 0 Å². The molecule has 0 unspecified atom stereocenters. The zero-order valence-electron chi connectivity index (χ0n) is 16.5. The monoisotopic (exact) mass is 332 g/mol. The minimum absolute atomic E-state index is 1.09. The lowest BCUT2D eigenvalue weighted by molar-refractivity contribution is 0.823. The molecule has 0 saturated heterocycles. The van der Waals surface area contributed by atoms with E-state index in [-0.39, 0.29) is 0 Å². The van der Waals surface area contributed by atoms with Gasteiger partial charge in [-0.3, -0.25) is 0 Å². The molecule has 25 heavy (non-hydrogen) atoms. The molecule has 2 aliphatic carbocycles. The normalized spacial score (nSPS) is 19.8. The number of rotatable bonds is 0. The summed E-state index contributed by atoms with van der Waals surface area (Å²) in [7, 11) is 0. The predicted molar refractivity (Wildman–Crippen MR) is 114 cm³/mol. The minimum Gasteiger partial charge on any atom is -0.0842 e. The molecular formula is C25H32. The van der Waals surface area contributed by atoms with Crippen molar-refractivity contribution in [2.75, 3.05) is 0 Å². The van der Waals surface area contributed by atoms with Crippen molar-refractivity contribution in [1.82, 2.24) is 0 Å². The van der Waals surface area contributed by atoms with Gasteiger partial charge in [0.1, 0.15) is 0 Å². The highest BCUT2D eigenvalue weighted by molar-refractivity contribution is 6.03. The Balaban J connectivity index is 0.000000528. The third-order valence-electron chi connectivity index (χ3n) is 4.77. The summed E-state index contributed by atoms with van der Waals surface area (Å²) in [4.78, 5) is 0. The van der Waals surface area contributed by atoms with Crippen molar-refractivity contribution in [2.45, 2.75) is 60.3 Å². The first kappa shape index (κ1) is 19.2. The zero-order chi connectivity index (χ0) is 18.2. The SMILES string of the molecule is C/C=C1/Cc2ccc3ccccc3c2/C1=C1\C=CCCC1.CC.CC. The quantitative estimate of drug-likeness (QED) is 0.460. The van der Waals surface area contributed by atoms with Crippen molar-refractivity contribution in [3.8, 4) is 0 Å². The second kappa shape index (κ2) is 9.42. The van der Waals surface area contributed by atoms with Gasteiger partial charge in [-0.25, -0.2) is 0 Å². The van der Waals surface area contributed by atoms with Gasteiger partial charge in [0.15, 0.2) is 0 Å². The fourth-order valence-corrected chi connectivity index (χ4v) is 3.75. The van der Waals surface area contributed by atoms with E-state index in [1.807, 2.05) is 27.7 Å². The molecule has 2 aromatic carbocycles. The second-order valence-corrected chi connectivity index (χ2v) is 6.01. The summed E-state index contributed by atoms with van der Waals surface area (Å²) in [6, 6.07) is 13.4. The minimum atomic E-state index is 1.09. The molecule has 4 rings (SSSR count). The maximum Gasteiger partial charge on any atom is -0.00164 e. The maximum atomic E-state index is 2.36. The van der Waals surface area contributed by atoms with Crippen LogP contribution in [-0.4, -0.2) is 0 Å². The largest absolute Gasteiger partial charge is 0.0842 e. The summed E-state index contributed by atoms with van der Waals surface area (Å²) in [5, 5.41) is 2.76. The van der Waals surface area contributed by atoms with Crippen molar-refractivity contribution in [3.05, 3.63) is 76.9 Å². The summed E-state index contributed by atoms with van der Waals surface area (Å²) in [5.41, 5.74) is 7.53. The molecule has 0 spiro atoms. The highest BCUT2D eigenvalue weighted by Gasteiger charge is 2.25. The van der Waals surface area contributed by atoms with Gasteiger partial charge in [0.25, 0.3) is 0 Å². The molecule has 132 valence electrons. The van der Waals surface area contributed by atoms with Gasteiger partial charge in [-0.2, -0.15) is 0 Å². The molecular weight excluding hydrogens is 300 g/mol. The highest BCUT2D eigenvalue weighted by atomic mass is 14.3. The van der Waals surface area contributed by atoms with E-state index in [1.54, 1.807) is 0 Å². The molecule has 0 atom stereocenters. The molecule has 0 amide bonds. The van der Waals surface area contributed by atoms with Crippen LogP contribution in [0.1, 0.15) is 65.0 Å². The Morgan fingerprint density at radius 1 is 0.920 bits per heavy atom. The Morgan fingerprint density at radius 2 is 1.68 bits per heavy atom. The third-order valence-corrected chi connectivity index (χ3v) is 4.77. The van der Waals surface area contributed by atoms with Gasteiger partial charge < -0.3 is 0 Å². The van der Waals surface area contributed by atoms with Gasteiger partial charge in [-0.05, 0) is 71.2 Å². The molecule has 0 saturated carbocycles. The molecule has 0 aromatic heterocycles. The van der Waals surface area contributed by atoms with Gasteiger partial charge in [0.2, 0.25) is 0 Å². The van der Waals surface area contributed by atoms with Crippen LogP contribution < -0.4 is 0 Å². The summed E-state index contributed by atoms with van der Waals surface area (Å²) < 4.78 is 0. The Kier molecular flexibility index (Phi) is 7.25. The first-order valence-electron chi connectivity index (χ1n) is 9.94. The smallest absolute Gasteiger partial charge is 0.00164 e. The van der Waals surface area contributed by atoms with Gasteiger partial charge in [0.05, 0.1) is 0 Å². The van der Waals surface area contributed by atoms with Gasteiger partial charge in [0, 0.05) is 0 Å². The van der Waals surface area contributed by atoms with E-state index in [9.17, 15) is 0 Å². The number of benzene rings is 2. The van der Waals surface area contributed by atoms with Gasteiger partial charge >= 0.3 is 0 Å². The topological polar surface area (TPSA) is 0 Å². The Labute approximate surface area is 154 Å². The summed E-state index contributed by atoms with van der Waals surface area (Å²) in [6.07, 6.45) is 11.8. The summed E-state index contributed by atoms with van der Waals surface area (Å²) in [5.74, 6) is 0. The van der Waals surface area contributed by atoms with Crippen molar-refractivity contribution in [1.29, 1.82) is 0 Å². The van der Waals surface area contributed by atoms with Crippen LogP contribution >= 0.6 is 0 Å².